The molecule has 10 nitrogen and oxygen atoms in total. The number of aldehydes is 1. The Balaban J connectivity index is 2.44. The normalized spacial score (nSPS) is 9.70. The molecule has 0 atom stereocenters. The van der Waals surface area contributed by atoms with Gasteiger partial charge in [-0.25, -0.2) is 0 Å². The molecule has 0 fully saturated rings. The van der Waals surface area contributed by atoms with E-state index in [4.69, 9.17) is 10.00 Å². The van der Waals surface area contributed by atoms with E-state index in [0.717, 1.165) is 18.2 Å². The van der Waals surface area contributed by atoms with E-state index in [9.17, 15) is 25.0 Å². The number of hydrogen-bond donors (Lipinski definition) is 0. The third-order valence-electron chi connectivity index (χ3n) is 2.68. The molecule has 0 radical (unpaired) electrons. The summed E-state index contributed by atoms with van der Waals surface area (Å²) in [6.45, 7) is 0. The predicted molar refractivity (Wildman–Crippen MR) is 74.2 cm³/mol. The molecule has 1 aromatic heterocycles. The Bertz CT molecular complexity index is 858. The van der Waals surface area contributed by atoms with Gasteiger partial charge in [0.25, 0.3) is 0 Å². The first-order valence-electron chi connectivity index (χ1n) is 5.93. The Labute approximate surface area is 127 Å². The van der Waals surface area contributed by atoms with Crippen LogP contribution in [-0.4, -0.2) is 21.1 Å². The molecule has 10 heteroatoms. The monoisotopic (exact) mass is 314 g/mol. The number of nitro groups is 2. The molecule has 2 aromatic rings. The van der Waals surface area contributed by atoms with E-state index in [2.05, 4.69) is 4.98 Å². The van der Waals surface area contributed by atoms with E-state index in [-0.39, 0.29) is 17.2 Å². The largest absolute Gasteiger partial charge is 0.432 e. The maximum Gasteiger partial charge on any atom is 0.312 e. The number of aromatic nitrogens is 1. The van der Waals surface area contributed by atoms with Gasteiger partial charge in [0.05, 0.1) is 9.85 Å². The number of pyridine rings is 1. The van der Waals surface area contributed by atoms with Gasteiger partial charge in [0.2, 0.25) is 17.3 Å². The van der Waals surface area contributed by atoms with Crippen molar-refractivity contribution in [2.45, 2.75) is 0 Å². The van der Waals surface area contributed by atoms with Crippen molar-refractivity contribution in [3.8, 4) is 17.7 Å². The lowest BCUT2D eigenvalue weighted by Gasteiger charge is -2.06. The summed E-state index contributed by atoms with van der Waals surface area (Å²) in [7, 11) is 0. The van der Waals surface area contributed by atoms with Crippen LogP contribution < -0.4 is 4.74 Å². The summed E-state index contributed by atoms with van der Waals surface area (Å²) < 4.78 is 5.21. The lowest BCUT2D eigenvalue weighted by molar-refractivity contribution is -0.385. The first-order valence-corrected chi connectivity index (χ1v) is 5.93. The maximum absolute atomic E-state index is 11.0. The fourth-order valence-corrected chi connectivity index (χ4v) is 1.67. The molecule has 1 heterocycles. The van der Waals surface area contributed by atoms with Crippen molar-refractivity contribution in [2.24, 2.45) is 0 Å². The van der Waals surface area contributed by atoms with Gasteiger partial charge in [0.15, 0.2) is 0 Å². The maximum atomic E-state index is 11.0. The third-order valence-corrected chi connectivity index (χ3v) is 2.68. The molecule has 0 saturated carbocycles. The highest BCUT2D eigenvalue weighted by molar-refractivity contribution is 5.77. The van der Waals surface area contributed by atoms with Crippen molar-refractivity contribution < 1.29 is 19.4 Å². The number of benzene rings is 1. The highest BCUT2D eigenvalue weighted by Crippen LogP contribution is 2.32. The van der Waals surface area contributed by atoms with Crippen LogP contribution in [0.4, 0.5) is 11.4 Å². The Morgan fingerprint density at radius 2 is 1.83 bits per heavy atom. The third kappa shape index (κ3) is 3.24. The Kier molecular flexibility index (Phi) is 4.23. The summed E-state index contributed by atoms with van der Waals surface area (Å²) in [4.78, 5) is 34.5. The number of nitro benzene ring substituents is 1. The van der Waals surface area contributed by atoms with E-state index in [1.54, 1.807) is 6.07 Å². The molecular formula is C13H6N4O6. The van der Waals surface area contributed by atoms with Crippen LogP contribution in [0, 0.1) is 31.6 Å². The molecule has 0 unspecified atom stereocenters. The first-order chi connectivity index (χ1) is 11.0. The zero-order valence-electron chi connectivity index (χ0n) is 11.2. The quantitative estimate of drug-likeness (QED) is 0.463. The second kappa shape index (κ2) is 6.27. The van der Waals surface area contributed by atoms with E-state index >= 15 is 0 Å². The van der Waals surface area contributed by atoms with Gasteiger partial charge >= 0.3 is 11.4 Å². The summed E-state index contributed by atoms with van der Waals surface area (Å²) >= 11 is 0. The van der Waals surface area contributed by atoms with Crippen LogP contribution >= 0.6 is 0 Å². The van der Waals surface area contributed by atoms with Gasteiger partial charge in [-0.15, -0.1) is 0 Å². The van der Waals surface area contributed by atoms with Gasteiger partial charge in [-0.2, -0.15) is 10.2 Å². The molecule has 0 N–H and O–H groups in total. The van der Waals surface area contributed by atoms with Gasteiger partial charge in [-0.3, -0.25) is 25.0 Å². The molecule has 0 spiro atoms. The van der Waals surface area contributed by atoms with Gasteiger partial charge in [0.1, 0.15) is 12.4 Å². The van der Waals surface area contributed by atoms with E-state index < -0.39 is 26.9 Å². The van der Waals surface area contributed by atoms with Gasteiger partial charge in [0, 0.05) is 23.8 Å². The number of rotatable bonds is 5. The summed E-state index contributed by atoms with van der Waals surface area (Å²) in [5.74, 6) is -0.444. The SMILES string of the molecule is N#Cc1nc(Oc2ccc(C=O)cc2[N+](=O)[O-])ccc1[N+](=O)[O-]. The second-order valence-electron chi connectivity index (χ2n) is 4.09. The highest BCUT2D eigenvalue weighted by atomic mass is 16.6. The molecule has 0 aliphatic heterocycles. The standard InChI is InChI=1S/C13H6N4O6/c14-6-9-10(16(19)20)2-4-13(15-9)23-12-3-1-8(7-18)5-11(12)17(21)22/h1-5,7H. The van der Waals surface area contributed by atoms with Gasteiger partial charge in [-0.1, -0.05) is 0 Å². The predicted octanol–water partition coefficient (Wildman–Crippen LogP) is 2.37. The van der Waals surface area contributed by atoms with Crippen molar-refractivity contribution in [1.29, 1.82) is 5.26 Å². The van der Waals surface area contributed by atoms with Crippen LogP contribution in [0.2, 0.25) is 0 Å². The second-order valence-corrected chi connectivity index (χ2v) is 4.09. The lowest BCUT2D eigenvalue weighted by Crippen LogP contribution is -1.99. The molecule has 0 bridgehead atoms. The number of ether oxygens (including phenoxy) is 1. The molecule has 2 rings (SSSR count). The summed E-state index contributed by atoms with van der Waals surface area (Å²) in [6, 6.07) is 7.16. The van der Waals surface area contributed by atoms with Gasteiger partial charge < -0.3 is 4.74 Å². The lowest BCUT2D eigenvalue weighted by atomic mass is 10.2. The summed E-state index contributed by atoms with van der Waals surface area (Å²) in [6.07, 6.45) is 0.439. The van der Waals surface area contributed by atoms with Crippen LogP contribution in [0.15, 0.2) is 30.3 Å². The number of nitriles is 1. The minimum absolute atomic E-state index is 0.0819. The van der Waals surface area contributed by atoms with Gasteiger partial charge in [-0.05, 0) is 12.1 Å². The molecule has 1 aromatic carbocycles. The van der Waals surface area contributed by atoms with Crippen LogP contribution in [0.1, 0.15) is 16.1 Å². The van der Waals surface area contributed by atoms with E-state index in [0.29, 0.717) is 6.29 Å². The van der Waals surface area contributed by atoms with Crippen molar-refractivity contribution in [1.82, 2.24) is 4.98 Å². The highest BCUT2D eigenvalue weighted by Gasteiger charge is 2.20. The molecule has 0 amide bonds. The van der Waals surface area contributed by atoms with Crippen LogP contribution in [0.25, 0.3) is 0 Å². The topological polar surface area (TPSA) is 149 Å². The van der Waals surface area contributed by atoms with Crippen molar-refractivity contribution in [2.75, 3.05) is 0 Å². The summed E-state index contributed by atoms with van der Waals surface area (Å²) in [5, 5.41) is 30.6. The fourth-order valence-electron chi connectivity index (χ4n) is 1.67. The molecule has 23 heavy (non-hydrogen) atoms. The van der Waals surface area contributed by atoms with Crippen LogP contribution in [0.5, 0.6) is 11.6 Å². The molecule has 0 aliphatic rings. The average molecular weight is 314 g/mol. The number of nitrogens with zero attached hydrogens (tertiary/aromatic N) is 4. The average Bonchev–Trinajstić information content (AvgIpc) is 2.54. The molecule has 0 aliphatic carbocycles. The van der Waals surface area contributed by atoms with Crippen LogP contribution in [-0.2, 0) is 0 Å². The van der Waals surface area contributed by atoms with E-state index in [1.165, 1.54) is 12.1 Å². The Hall–Kier alpha value is -3.87. The smallest absolute Gasteiger partial charge is 0.312 e. The van der Waals surface area contributed by atoms with Crippen molar-refractivity contribution in [3.05, 3.63) is 61.8 Å². The van der Waals surface area contributed by atoms with Crippen molar-refractivity contribution >= 4 is 17.7 Å². The summed E-state index contributed by atoms with van der Waals surface area (Å²) in [5.41, 5.74) is -1.39. The first kappa shape index (κ1) is 15.5. The fraction of sp³-hybridized carbons (Fsp3) is 0. The molecular weight excluding hydrogens is 308 g/mol. The Morgan fingerprint density at radius 1 is 1.13 bits per heavy atom. The number of carbonyl (C=O) groups is 1. The zero-order chi connectivity index (χ0) is 17.0. The number of carbonyl (C=O) groups excluding carboxylic acids is 1. The Morgan fingerprint density at radius 3 is 2.39 bits per heavy atom. The zero-order valence-corrected chi connectivity index (χ0v) is 11.2. The molecule has 0 saturated heterocycles. The van der Waals surface area contributed by atoms with Crippen LogP contribution in [0.3, 0.4) is 0 Å². The minimum atomic E-state index is -0.781. The van der Waals surface area contributed by atoms with E-state index in [1.807, 2.05) is 0 Å². The number of hydrogen-bond acceptors (Lipinski definition) is 8. The minimum Gasteiger partial charge on any atom is -0.432 e. The molecule has 114 valence electrons. The van der Waals surface area contributed by atoms with Crippen molar-refractivity contribution in [3.63, 3.8) is 0 Å².